The average Bonchev–Trinajstić information content (AvgIpc) is 3.32. The van der Waals surface area contributed by atoms with Gasteiger partial charge in [0.1, 0.15) is 18.4 Å². The first-order chi connectivity index (χ1) is 14.3. The van der Waals surface area contributed by atoms with Crippen molar-refractivity contribution in [2.75, 3.05) is 0 Å². The molecule has 4 aromatic rings. The number of hydrogen-bond acceptors (Lipinski definition) is 5. The third-order valence-electron chi connectivity index (χ3n) is 4.29. The number of benzene rings is 2. The van der Waals surface area contributed by atoms with E-state index >= 15 is 0 Å². The summed E-state index contributed by atoms with van der Waals surface area (Å²) in [7, 11) is 0. The first-order valence-electron chi connectivity index (χ1n) is 9.14. The molecule has 0 radical (unpaired) electrons. The van der Waals surface area contributed by atoms with Crippen molar-refractivity contribution in [2.45, 2.75) is 12.6 Å². The highest BCUT2D eigenvalue weighted by Crippen LogP contribution is 2.22. The predicted molar refractivity (Wildman–Crippen MR) is 107 cm³/mol. The molecule has 1 unspecified atom stereocenters. The van der Waals surface area contributed by atoms with Crippen molar-refractivity contribution in [1.82, 2.24) is 25.1 Å². The third kappa shape index (κ3) is 4.47. The maximum Gasteiger partial charge on any atom is 0.266 e. The van der Waals surface area contributed by atoms with Crippen molar-refractivity contribution in [3.8, 4) is 11.6 Å². The molecule has 7 nitrogen and oxygen atoms in total. The molecule has 4 rings (SSSR count). The Morgan fingerprint density at radius 3 is 2.48 bits per heavy atom. The molecule has 0 aliphatic heterocycles. The molecule has 29 heavy (non-hydrogen) atoms. The number of para-hydroxylation sites is 1. The molecular formula is C22H19N5O2. The van der Waals surface area contributed by atoms with E-state index in [4.69, 9.17) is 4.74 Å². The summed E-state index contributed by atoms with van der Waals surface area (Å²) in [5.41, 5.74) is 1.59. The molecule has 0 saturated carbocycles. The van der Waals surface area contributed by atoms with Crippen LogP contribution in [0.25, 0.3) is 5.82 Å². The minimum Gasteiger partial charge on any atom is -0.476 e. The Bertz CT molecular complexity index is 1050. The molecule has 144 valence electrons. The van der Waals surface area contributed by atoms with E-state index in [1.165, 1.54) is 6.33 Å². The van der Waals surface area contributed by atoms with Crippen LogP contribution in [0.5, 0.6) is 5.75 Å². The lowest BCUT2D eigenvalue weighted by atomic mass is 10.1. The molecule has 0 aliphatic carbocycles. The Balaban J connectivity index is 1.53. The Kier molecular flexibility index (Phi) is 5.57. The lowest BCUT2D eigenvalue weighted by Crippen LogP contribution is -2.32. The van der Waals surface area contributed by atoms with Gasteiger partial charge in [-0.1, -0.05) is 54.6 Å². The number of aromatic nitrogens is 4. The van der Waals surface area contributed by atoms with Crippen LogP contribution in [0.4, 0.5) is 0 Å². The molecular weight excluding hydrogens is 366 g/mol. The van der Waals surface area contributed by atoms with Crippen LogP contribution in [0.1, 0.15) is 17.2 Å². The lowest BCUT2D eigenvalue weighted by molar-refractivity contribution is -0.128. The molecule has 0 spiro atoms. The van der Waals surface area contributed by atoms with Crippen molar-refractivity contribution < 1.29 is 9.53 Å². The van der Waals surface area contributed by atoms with Crippen molar-refractivity contribution in [3.05, 3.63) is 103 Å². The quantitative estimate of drug-likeness (QED) is 0.529. The number of ether oxygens (including phenoxy) is 1. The Morgan fingerprint density at radius 2 is 1.76 bits per heavy atom. The number of nitrogens with one attached hydrogen (secondary N) is 1. The van der Waals surface area contributed by atoms with Crippen LogP contribution in [-0.4, -0.2) is 25.7 Å². The molecule has 1 N–H and O–H groups in total. The largest absolute Gasteiger partial charge is 0.476 e. The summed E-state index contributed by atoms with van der Waals surface area (Å²) in [6.07, 6.45) is 3.91. The van der Waals surface area contributed by atoms with Gasteiger partial charge in [-0.25, -0.2) is 14.6 Å². The fourth-order valence-electron chi connectivity index (χ4n) is 2.90. The zero-order valence-electron chi connectivity index (χ0n) is 15.6. The number of carbonyl (C=O) groups excluding carboxylic acids is 1. The monoisotopic (exact) mass is 385 g/mol. The lowest BCUT2D eigenvalue weighted by Gasteiger charge is -2.19. The van der Waals surface area contributed by atoms with E-state index in [9.17, 15) is 4.79 Å². The maximum atomic E-state index is 13.0. The van der Waals surface area contributed by atoms with Gasteiger partial charge in [-0.2, -0.15) is 5.10 Å². The highest BCUT2D eigenvalue weighted by atomic mass is 16.5. The smallest absolute Gasteiger partial charge is 0.266 e. The first kappa shape index (κ1) is 18.4. The van der Waals surface area contributed by atoms with Gasteiger partial charge in [-0.15, -0.1) is 0 Å². The first-order valence-corrected chi connectivity index (χ1v) is 9.14. The molecule has 0 saturated heterocycles. The minimum absolute atomic E-state index is 0.242. The summed E-state index contributed by atoms with van der Waals surface area (Å²) in [4.78, 5) is 21.3. The van der Waals surface area contributed by atoms with E-state index in [0.29, 0.717) is 11.6 Å². The predicted octanol–water partition coefficient (Wildman–Crippen LogP) is 3.10. The Labute approximate surface area is 168 Å². The van der Waals surface area contributed by atoms with Gasteiger partial charge < -0.3 is 10.1 Å². The summed E-state index contributed by atoms with van der Waals surface area (Å²) in [6.45, 7) is 0.281. The number of carbonyl (C=O) groups is 1. The van der Waals surface area contributed by atoms with Crippen LogP contribution in [0.3, 0.4) is 0 Å². The van der Waals surface area contributed by atoms with Crippen molar-refractivity contribution >= 4 is 5.91 Å². The molecule has 2 heterocycles. The summed E-state index contributed by atoms with van der Waals surface area (Å²) in [6, 6.07) is 22.4. The molecule has 0 fully saturated rings. The fraction of sp³-hybridized carbons (Fsp3) is 0.0909. The van der Waals surface area contributed by atoms with Crippen LogP contribution in [-0.2, 0) is 11.3 Å². The number of amides is 1. The SMILES string of the molecule is O=C(NCc1cccnc1-n1cncn1)C(Oc1ccccc1)c1ccccc1. The summed E-state index contributed by atoms with van der Waals surface area (Å²) < 4.78 is 7.56. The van der Waals surface area contributed by atoms with E-state index in [1.807, 2.05) is 72.8 Å². The number of pyridine rings is 1. The molecule has 2 aromatic heterocycles. The van der Waals surface area contributed by atoms with Crippen LogP contribution in [0.2, 0.25) is 0 Å². The van der Waals surface area contributed by atoms with Gasteiger partial charge in [-0.05, 0) is 18.2 Å². The molecule has 2 aromatic carbocycles. The number of nitrogens with zero attached hydrogens (tertiary/aromatic N) is 4. The number of rotatable bonds is 7. The third-order valence-corrected chi connectivity index (χ3v) is 4.29. The Morgan fingerprint density at radius 1 is 1.00 bits per heavy atom. The maximum absolute atomic E-state index is 13.0. The van der Waals surface area contributed by atoms with Crippen LogP contribution < -0.4 is 10.1 Å². The van der Waals surface area contributed by atoms with Gasteiger partial charge >= 0.3 is 0 Å². The van der Waals surface area contributed by atoms with E-state index in [-0.39, 0.29) is 12.5 Å². The fourth-order valence-corrected chi connectivity index (χ4v) is 2.90. The normalized spacial score (nSPS) is 11.6. The number of hydrogen-bond donors (Lipinski definition) is 1. The van der Waals surface area contributed by atoms with Crippen LogP contribution in [0, 0.1) is 0 Å². The van der Waals surface area contributed by atoms with Crippen molar-refractivity contribution in [1.29, 1.82) is 0 Å². The molecule has 0 aliphatic rings. The average molecular weight is 385 g/mol. The van der Waals surface area contributed by atoms with E-state index < -0.39 is 6.10 Å². The minimum atomic E-state index is -0.773. The van der Waals surface area contributed by atoms with E-state index in [0.717, 1.165) is 11.1 Å². The van der Waals surface area contributed by atoms with Gasteiger partial charge in [0, 0.05) is 23.9 Å². The standard InChI is InChI=1S/C22H19N5O2/c28-22(25-14-18-10-7-13-24-21(18)27-16-23-15-26-27)20(17-8-3-1-4-9-17)29-19-11-5-2-6-12-19/h1-13,15-16,20H,14H2,(H,25,28). The van der Waals surface area contributed by atoms with E-state index in [2.05, 4.69) is 20.4 Å². The van der Waals surface area contributed by atoms with Crippen molar-refractivity contribution in [2.24, 2.45) is 0 Å². The van der Waals surface area contributed by atoms with Crippen LogP contribution in [0.15, 0.2) is 91.6 Å². The van der Waals surface area contributed by atoms with E-state index in [1.54, 1.807) is 17.2 Å². The van der Waals surface area contributed by atoms with Crippen LogP contribution >= 0.6 is 0 Å². The zero-order valence-corrected chi connectivity index (χ0v) is 15.6. The summed E-state index contributed by atoms with van der Waals surface area (Å²) in [5, 5.41) is 7.07. The second-order valence-corrected chi connectivity index (χ2v) is 6.27. The summed E-state index contributed by atoms with van der Waals surface area (Å²) >= 11 is 0. The topological polar surface area (TPSA) is 81.9 Å². The molecule has 1 amide bonds. The highest BCUT2D eigenvalue weighted by Gasteiger charge is 2.23. The molecule has 1 atom stereocenters. The van der Waals surface area contributed by atoms with Gasteiger partial charge in [0.15, 0.2) is 5.82 Å². The van der Waals surface area contributed by atoms with Crippen molar-refractivity contribution in [3.63, 3.8) is 0 Å². The van der Waals surface area contributed by atoms with Gasteiger partial charge in [0.25, 0.3) is 5.91 Å². The van der Waals surface area contributed by atoms with Gasteiger partial charge in [0.2, 0.25) is 6.10 Å². The highest BCUT2D eigenvalue weighted by molar-refractivity contribution is 5.82. The van der Waals surface area contributed by atoms with Gasteiger partial charge in [0.05, 0.1) is 0 Å². The molecule has 0 bridgehead atoms. The second-order valence-electron chi connectivity index (χ2n) is 6.27. The molecule has 7 heteroatoms. The summed E-state index contributed by atoms with van der Waals surface area (Å²) in [5.74, 6) is 1.00. The van der Waals surface area contributed by atoms with Gasteiger partial charge in [-0.3, -0.25) is 4.79 Å². The second kappa shape index (κ2) is 8.79. The Hall–Kier alpha value is -4.00. The zero-order chi connectivity index (χ0) is 19.9.